The minimum Gasteiger partial charge on any atom is -0.497 e. The zero-order chi connectivity index (χ0) is 18.2. The fourth-order valence-electron chi connectivity index (χ4n) is 2.19. The largest absolute Gasteiger partial charge is 0.497 e. The highest BCUT2D eigenvalue weighted by Crippen LogP contribution is 2.15. The number of aryl methyl sites for hydroxylation is 2. The summed E-state index contributed by atoms with van der Waals surface area (Å²) in [4.78, 5) is 0. The predicted molar refractivity (Wildman–Crippen MR) is 111 cm³/mol. The van der Waals surface area contributed by atoms with Gasteiger partial charge in [0.25, 0.3) is 0 Å². The Morgan fingerprint density at radius 2 is 1.64 bits per heavy atom. The molecule has 0 saturated heterocycles. The minimum absolute atomic E-state index is 0.445. The van der Waals surface area contributed by atoms with Gasteiger partial charge < -0.3 is 15.4 Å². The maximum Gasteiger partial charge on any atom is 0.189 e. The topological polar surface area (TPSA) is 57.4 Å². The van der Waals surface area contributed by atoms with Gasteiger partial charge in [0.05, 0.1) is 7.11 Å². The summed E-state index contributed by atoms with van der Waals surface area (Å²) in [5.74, 6) is 0.828. The number of hydrogen-bond acceptors (Lipinski definition) is 3. The van der Waals surface area contributed by atoms with E-state index < -0.39 is 0 Å². The average molecular weight is 375 g/mol. The van der Waals surface area contributed by atoms with Crippen molar-refractivity contribution in [2.45, 2.75) is 20.4 Å². The molecule has 0 aliphatic rings. The van der Waals surface area contributed by atoms with E-state index in [1.54, 1.807) is 7.11 Å². The lowest BCUT2D eigenvalue weighted by Crippen LogP contribution is -2.48. The van der Waals surface area contributed by atoms with Crippen LogP contribution >= 0.6 is 24.4 Å². The summed E-state index contributed by atoms with van der Waals surface area (Å²) in [6.45, 7) is 4.70. The zero-order valence-corrected chi connectivity index (χ0v) is 16.1. The summed E-state index contributed by atoms with van der Waals surface area (Å²) < 4.78 is 5.13. The van der Waals surface area contributed by atoms with E-state index in [9.17, 15) is 0 Å². The first-order chi connectivity index (χ1) is 12.0. The maximum absolute atomic E-state index is 5.27. The van der Waals surface area contributed by atoms with E-state index in [4.69, 9.17) is 29.2 Å². The van der Waals surface area contributed by atoms with Crippen molar-refractivity contribution in [2.24, 2.45) is 0 Å². The van der Waals surface area contributed by atoms with Gasteiger partial charge in [-0.05, 0) is 67.6 Å². The van der Waals surface area contributed by atoms with Crippen molar-refractivity contribution in [3.8, 4) is 5.75 Å². The van der Waals surface area contributed by atoms with Crippen molar-refractivity contribution in [1.29, 1.82) is 0 Å². The van der Waals surface area contributed by atoms with Gasteiger partial charge in [-0.15, -0.1) is 0 Å². The molecular weight excluding hydrogens is 352 g/mol. The van der Waals surface area contributed by atoms with Gasteiger partial charge in [-0.25, -0.2) is 0 Å². The highest BCUT2D eigenvalue weighted by Gasteiger charge is 2.02. The molecule has 0 unspecified atom stereocenters. The van der Waals surface area contributed by atoms with Crippen LogP contribution in [-0.2, 0) is 6.54 Å². The summed E-state index contributed by atoms with van der Waals surface area (Å²) >= 11 is 10.5. The number of methoxy groups -OCH3 is 1. The molecule has 2 rings (SSSR count). The molecule has 4 N–H and O–H groups in total. The SMILES string of the molecule is COc1ccc(CNC(=S)NNC(=S)Nc2ccc(C)cc2C)cc1. The van der Waals surface area contributed by atoms with Crippen LogP contribution in [0.3, 0.4) is 0 Å². The minimum atomic E-state index is 0.445. The summed E-state index contributed by atoms with van der Waals surface area (Å²) in [6.07, 6.45) is 0. The van der Waals surface area contributed by atoms with E-state index in [1.165, 1.54) is 5.56 Å². The molecule has 0 amide bonds. The van der Waals surface area contributed by atoms with E-state index in [0.717, 1.165) is 22.6 Å². The second-order valence-electron chi connectivity index (χ2n) is 5.55. The molecular formula is C18H22N4OS2. The third-order valence-electron chi connectivity index (χ3n) is 3.53. The average Bonchev–Trinajstić information content (AvgIpc) is 2.61. The molecule has 0 heterocycles. The molecule has 25 heavy (non-hydrogen) atoms. The van der Waals surface area contributed by atoms with E-state index >= 15 is 0 Å². The Bertz CT molecular complexity index is 747. The lowest BCUT2D eigenvalue weighted by atomic mass is 10.1. The van der Waals surface area contributed by atoms with Crippen LogP contribution in [0.25, 0.3) is 0 Å². The summed E-state index contributed by atoms with van der Waals surface area (Å²) in [6, 6.07) is 13.9. The fourth-order valence-corrected chi connectivity index (χ4v) is 2.48. The van der Waals surface area contributed by atoms with Crippen LogP contribution in [0.15, 0.2) is 42.5 Å². The van der Waals surface area contributed by atoms with Crippen LogP contribution in [-0.4, -0.2) is 17.3 Å². The van der Waals surface area contributed by atoms with E-state index in [2.05, 4.69) is 34.5 Å². The van der Waals surface area contributed by atoms with Gasteiger partial charge in [-0.3, -0.25) is 10.9 Å². The molecule has 5 nitrogen and oxygen atoms in total. The second-order valence-corrected chi connectivity index (χ2v) is 6.37. The van der Waals surface area contributed by atoms with Gasteiger partial charge in [0, 0.05) is 12.2 Å². The first kappa shape index (κ1) is 19.0. The van der Waals surface area contributed by atoms with Crippen LogP contribution in [0, 0.1) is 13.8 Å². The molecule has 132 valence electrons. The molecule has 0 saturated carbocycles. The molecule has 2 aromatic carbocycles. The molecule has 0 atom stereocenters. The van der Waals surface area contributed by atoms with Crippen molar-refractivity contribution in [1.82, 2.24) is 16.2 Å². The quantitative estimate of drug-likeness (QED) is 0.484. The first-order valence-electron chi connectivity index (χ1n) is 7.79. The Balaban J connectivity index is 1.74. The summed E-state index contributed by atoms with van der Waals surface area (Å²) in [5, 5.41) is 7.14. The van der Waals surface area contributed by atoms with Gasteiger partial charge in [0.15, 0.2) is 10.2 Å². The molecule has 0 aliphatic heterocycles. The van der Waals surface area contributed by atoms with Gasteiger partial charge >= 0.3 is 0 Å². The smallest absolute Gasteiger partial charge is 0.189 e. The Labute approximate surface area is 159 Å². The van der Waals surface area contributed by atoms with Crippen molar-refractivity contribution >= 4 is 40.3 Å². The van der Waals surface area contributed by atoms with Crippen LogP contribution in [0.4, 0.5) is 5.69 Å². The molecule has 0 radical (unpaired) electrons. The molecule has 0 bridgehead atoms. The summed E-state index contributed by atoms with van der Waals surface area (Å²) in [7, 11) is 1.65. The summed E-state index contributed by atoms with van der Waals surface area (Å²) in [5.41, 5.74) is 10.1. The van der Waals surface area contributed by atoms with E-state index in [-0.39, 0.29) is 0 Å². The molecule has 0 fully saturated rings. The van der Waals surface area contributed by atoms with Gasteiger partial charge in [-0.2, -0.15) is 0 Å². The maximum atomic E-state index is 5.27. The van der Waals surface area contributed by atoms with Crippen LogP contribution in [0.1, 0.15) is 16.7 Å². The lowest BCUT2D eigenvalue weighted by molar-refractivity contribution is 0.414. The van der Waals surface area contributed by atoms with Crippen LogP contribution < -0.4 is 26.2 Å². The number of nitrogens with one attached hydrogen (secondary N) is 4. The molecule has 0 aromatic heterocycles. The van der Waals surface area contributed by atoms with Gasteiger partial charge in [-0.1, -0.05) is 29.8 Å². The van der Waals surface area contributed by atoms with Crippen molar-refractivity contribution < 1.29 is 4.74 Å². The number of thiocarbonyl (C=S) groups is 2. The third kappa shape index (κ3) is 6.21. The number of hydrazine groups is 1. The molecule has 7 heteroatoms. The Hall–Kier alpha value is -2.38. The Morgan fingerprint density at radius 1 is 0.960 bits per heavy atom. The lowest BCUT2D eigenvalue weighted by Gasteiger charge is -2.15. The van der Waals surface area contributed by atoms with Gasteiger partial charge in [0.2, 0.25) is 0 Å². The number of hydrogen-bond donors (Lipinski definition) is 4. The number of anilines is 1. The number of benzene rings is 2. The molecule has 0 aliphatic carbocycles. The van der Waals surface area contributed by atoms with Crippen LogP contribution in [0.2, 0.25) is 0 Å². The first-order valence-corrected chi connectivity index (χ1v) is 8.60. The predicted octanol–water partition coefficient (Wildman–Crippen LogP) is 3.18. The third-order valence-corrected chi connectivity index (χ3v) is 3.98. The van der Waals surface area contributed by atoms with E-state index in [0.29, 0.717) is 16.8 Å². The molecule has 2 aromatic rings. The normalized spacial score (nSPS) is 9.88. The second kappa shape index (κ2) is 9.19. The zero-order valence-electron chi connectivity index (χ0n) is 14.5. The Kier molecular flexibility index (Phi) is 6.97. The Morgan fingerprint density at radius 3 is 2.28 bits per heavy atom. The molecule has 0 spiro atoms. The van der Waals surface area contributed by atoms with Crippen molar-refractivity contribution in [3.63, 3.8) is 0 Å². The highest BCUT2D eigenvalue weighted by molar-refractivity contribution is 7.80. The number of rotatable bonds is 4. The van der Waals surface area contributed by atoms with Crippen molar-refractivity contribution in [2.75, 3.05) is 12.4 Å². The standard InChI is InChI=1S/C18H22N4OS2/c1-12-4-9-16(13(2)10-12)20-18(25)22-21-17(24)19-11-14-5-7-15(23-3)8-6-14/h4-10H,11H2,1-3H3,(H2,19,21,24)(H2,20,22,25). The van der Waals surface area contributed by atoms with Crippen LogP contribution in [0.5, 0.6) is 5.75 Å². The fraction of sp³-hybridized carbons (Fsp3) is 0.222. The van der Waals surface area contributed by atoms with Crippen molar-refractivity contribution in [3.05, 3.63) is 59.2 Å². The highest BCUT2D eigenvalue weighted by atomic mass is 32.1. The number of ether oxygens (including phenoxy) is 1. The van der Waals surface area contributed by atoms with Gasteiger partial charge in [0.1, 0.15) is 5.75 Å². The monoisotopic (exact) mass is 374 g/mol. The van der Waals surface area contributed by atoms with E-state index in [1.807, 2.05) is 43.3 Å².